The molecule has 5 aromatic rings. The fourth-order valence-corrected chi connectivity index (χ4v) is 8.38. The van der Waals surface area contributed by atoms with Crippen molar-refractivity contribution >= 4 is 35.2 Å². The number of amides is 3. The smallest absolute Gasteiger partial charge is 0.324 e. The first-order valence-electron chi connectivity index (χ1n) is 18.4. The summed E-state index contributed by atoms with van der Waals surface area (Å²) in [7, 11) is 3.10. The summed E-state index contributed by atoms with van der Waals surface area (Å²) in [5, 5.41) is 11.4. The van der Waals surface area contributed by atoms with Crippen LogP contribution in [0.4, 0.5) is 16.3 Å². The van der Waals surface area contributed by atoms with Crippen LogP contribution in [0.3, 0.4) is 0 Å². The first-order valence-corrected chi connectivity index (χ1v) is 19.2. The molecule has 2 aliphatic heterocycles. The van der Waals surface area contributed by atoms with E-state index in [9.17, 15) is 9.59 Å². The summed E-state index contributed by atoms with van der Waals surface area (Å²) in [4.78, 5) is 39.4. The highest BCUT2D eigenvalue weighted by Crippen LogP contribution is 2.42. The summed E-state index contributed by atoms with van der Waals surface area (Å²) in [6.07, 6.45) is 4.74. The molecule has 2 bridgehead atoms. The Morgan fingerprint density at radius 1 is 0.852 bits per heavy atom. The lowest BCUT2D eigenvalue weighted by molar-refractivity contribution is 0.0521. The van der Waals surface area contributed by atoms with E-state index >= 15 is 0 Å². The second-order valence-electron chi connectivity index (χ2n) is 15.2. The number of benzene rings is 3. The van der Waals surface area contributed by atoms with Gasteiger partial charge in [-0.1, -0.05) is 62.7 Å². The van der Waals surface area contributed by atoms with Gasteiger partial charge in [-0.25, -0.2) is 9.48 Å². The summed E-state index contributed by atoms with van der Waals surface area (Å²) >= 11 is 1.33. The monoisotopic (exact) mass is 745 g/mol. The second kappa shape index (κ2) is 15.5. The number of carbonyl (C=O) groups is 2. The maximum atomic E-state index is 14.2. The number of nitrogens with one attached hydrogen (secondary N) is 2. The quantitative estimate of drug-likeness (QED) is 0.136. The number of hydrogen-bond donors (Lipinski definition) is 2. The van der Waals surface area contributed by atoms with E-state index in [0.29, 0.717) is 34.2 Å². The number of urea groups is 1. The average Bonchev–Trinajstić information content (AvgIpc) is 3.69. The molecule has 7 rings (SSSR count). The molecular formula is C42H47N7O4S. The third-order valence-electron chi connectivity index (χ3n) is 10.2. The number of aryl methyl sites for hydroxylation is 1. The molecule has 0 aliphatic carbocycles. The van der Waals surface area contributed by atoms with Gasteiger partial charge in [0.1, 0.15) is 5.82 Å². The van der Waals surface area contributed by atoms with E-state index in [0.717, 1.165) is 65.2 Å². The molecule has 2 aliphatic rings. The maximum absolute atomic E-state index is 14.2. The first-order chi connectivity index (χ1) is 26.0. The van der Waals surface area contributed by atoms with Gasteiger partial charge in [-0.2, -0.15) is 15.1 Å². The van der Waals surface area contributed by atoms with Crippen molar-refractivity contribution in [1.29, 1.82) is 0 Å². The molecule has 2 atom stereocenters. The van der Waals surface area contributed by atoms with E-state index in [-0.39, 0.29) is 29.4 Å². The van der Waals surface area contributed by atoms with Crippen LogP contribution < -0.4 is 20.1 Å². The lowest BCUT2D eigenvalue weighted by Crippen LogP contribution is -2.47. The number of aromatic nitrogens is 4. The zero-order chi connectivity index (χ0) is 38.0. The minimum Gasteiger partial charge on any atom is -0.481 e. The van der Waals surface area contributed by atoms with Crippen LogP contribution in [-0.2, 0) is 11.8 Å². The van der Waals surface area contributed by atoms with Crippen molar-refractivity contribution in [2.45, 2.75) is 87.3 Å². The van der Waals surface area contributed by atoms with Crippen LogP contribution >= 0.6 is 11.8 Å². The summed E-state index contributed by atoms with van der Waals surface area (Å²) in [6.45, 7) is 8.36. The molecule has 12 heteroatoms. The fourth-order valence-electron chi connectivity index (χ4n) is 7.50. The molecule has 2 saturated heterocycles. The molecule has 2 fully saturated rings. The Hall–Kier alpha value is -5.36. The predicted octanol–water partition coefficient (Wildman–Crippen LogP) is 8.71. The number of hydrogen-bond acceptors (Lipinski definition) is 8. The van der Waals surface area contributed by atoms with Crippen LogP contribution in [0.2, 0.25) is 0 Å². The van der Waals surface area contributed by atoms with Crippen LogP contribution in [-0.4, -0.2) is 62.9 Å². The summed E-state index contributed by atoms with van der Waals surface area (Å²) < 4.78 is 12.4. The van der Waals surface area contributed by atoms with E-state index in [1.165, 1.54) is 11.8 Å². The number of fused-ring (bicyclic) bond motifs is 2. The van der Waals surface area contributed by atoms with Crippen LogP contribution in [0, 0.1) is 12.8 Å². The Labute approximate surface area is 320 Å². The van der Waals surface area contributed by atoms with Gasteiger partial charge in [-0.15, -0.1) is 0 Å². The average molecular weight is 746 g/mol. The van der Waals surface area contributed by atoms with E-state index in [2.05, 4.69) is 58.4 Å². The molecule has 2 unspecified atom stereocenters. The zero-order valence-electron chi connectivity index (χ0n) is 31.6. The summed E-state index contributed by atoms with van der Waals surface area (Å²) in [5.74, 6) is 1.88. The standard InChI is InChI=1S/C42H47N7O4S/c1-26-14-16-30(17-15-26)49-36(24-35(47-49)42(2,3)4)44-40(51)43-29-11-9-10-27(21-29)20-28-22-31-18-19-32(23-28)48(31)39(50)33-12-7-8-13-34(33)54-41-45-37(52-5)25-38(46-41)53-6/h7-17,21,24-25,28,31-32H,18-20,22-23H2,1-6H3,(H2,43,44,51). The number of carbonyl (C=O) groups excluding carboxylic acids is 2. The Morgan fingerprint density at radius 2 is 1.54 bits per heavy atom. The zero-order valence-corrected chi connectivity index (χ0v) is 32.4. The largest absolute Gasteiger partial charge is 0.481 e. The molecule has 3 amide bonds. The number of rotatable bonds is 10. The lowest BCUT2D eigenvalue weighted by atomic mass is 9.85. The van der Waals surface area contributed by atoms with Crippen LogP contribution in [0.5, 0.6) is 11.8 Å². The maximum Gasteiger partial charge on any atom is 0.324 e. The Morgan fingerprint density at radius 3 is 2.20 bits per heavy atom. The van der Waals surface area contributed by atoms with Crippen molar-refractivity contribution in [2.75, 3.05) is 24.9 Å². The van der Waals surface area contributed by atoms with E-state index in [1.807, 2.05) is 73.7 Å². The molecule has 2 N–H and O–H groups in total. The molecule has 3 aromatic carbocycles. The topological polar surface area (TPSA) is 124 Å². The normalized spacial score (nSPS) is 18.0. The molecule has 0 radical (unpaired) electrons. The molecule has 11 nitrogen and oxygen atoms in total. The van der Waals surface area contributed by atoms with Crippen LogP contribution in [0.15, 0.2) is 95.0 Å². The molecule has 2 aromatic heterocycles. The number of methoxy groups -OCH3 is 2. The van der Waals surface area contributed by atoms with E-state index in [4.69, 9.17) is 14.6 Å². The van der Waals surface area contributed by atoms with Gasteiger partial charge in [0.05, 0.1) is 37.2 Å². The van der Waals surface area contributed by atoms with Crippen molar-refractivity contribution in [1.82, 2.24) is 24.6 Å². The first kappa shape index (κ1) is 37.0. The number of nitrogens with zero attached hydrogens (tertiary/aromatic N) is 5. The van der Waals surface area contributed by atoms with Gasteiger partial charge in [0.15, 0.2) is 5.16 Å². The Bertz CT molecular complexity index is 2110. The third-order valence-corrected chi connectivity index (χ3v) is 11.1. The van der Waals surface area contributed by atoms with Crippen molar-refractivity contribution in [2.24, 2.45) is 5.92 Å². The highest BCUT2D eigenvalue weighted by Gasteiger charge is 2.43. The van der Waals surface area contributed by atoms with Gasteiger partial charge in [-0.05, 0) is 98.7 Å². The highest BCUT2D eigenvalue weighted by atomic mass is 32.2. The molecule has 54 heavy (non-hydrogen) atoms. The van der Waals surface area contributed by atoms with Gasteiger partial charge in [0.2, 0.25) is 11.8 Å². The van der Waals surface area contributed by atoms with Gasteiger partial charge >= 0.3 is 6.03 Å². The van der Waals surface area contributed by atoms with Crippen molar-refractivity contribution in [3.8, 4) is 17.4 Å². The van der Waals surface area contributed by atoms with Crippen LogP contribution in [0.25, 0.3) is 5.69 Å². The molecule has 280 valence electrons. The number of anilines is 2. The van der Waals surface area contributed by atoms with Gasteiger partial charge < -0.3 is 19.7 Å². The van der Waals surface area contributed by atoms with Gasteiger partial charge in [0, 0.05) is 34.1 Å². The van der Waals surface area contributed by atoms with Gasteiger partial charge in [0.25, 0.3) is 5.91 Å². The highest BCUT2D eigenvalue weighted by molar-refractivity contribution is 7.99. The number of ether oxygens (including phenoxy) is 2. The van der Waals surface area contributed by atoms with Crippen molar-refractivity contribution < 1.29 is 19.1 Å². The summed E-state index contributed by atoms with van der Waals surface area (Å²) in [5.41, 5.74) is 5.26. The Balaban J connectivity index is 1.00. The minimum atomic E-state index is -0.332. The van der Waals surface area contributed by atoms with Crippen LogP contribution in [0.1, 0.15) is 73.6 Å². The fraction of sp³-hybridized carbons (Fsp3) is 0.357. The SMILES string of the molecule is COc1cc(OC)nc(Sc2ccccc2C(=O)N2C3CCC2CC(Cc2cccc(NC(=O)Nc4cc(C(C)(C)C)nn4-c4ccc(C)cc4)c2)C3)n1. The molecule has 0 saturated carbocycles. The van der Waals surface area contributed by atoms with Crippen molar-refractivity contribution in [3.05, 3.63) is 107 Å². The Kier molecular flexibility index (Phi) is 10.6. The minimum absolute atomic E-state index is 0.0504. The van der Waals surface area contributed by atoms with Crippen molar-refractivity contribution in [3.63, 3.8) is 0 Å². The third kappa shape index (κ3) is 8.23. The predicted molar refractivity (Wildman–Crippen MR) is 211 cm³/mol. The molecule has 4 heterocycles. The van der Waals surface area contributed by atoms with E-state index < -0.39 is 0 Å². The number of piperidine rings is 1. The molecule has 0 spiro atoms. The summed E-state index contributed by atoms with van der Waals surface area (Å²) in [6, 6.07) is 27.4. The molecular weight excluding hydrogens is 699 g/mol. The van der Waals surface area contributed by atoms with E-state index in [1.54, 1.807) is 25.0 Å². The second-order valence-corrected chi connectivity index (χ2v) is 16.2. The lowest BCUT2D eigenvalue weighted by Gasteiger charge is -2.39. The van der Waals surface area contributed by atoms with Gasteiger partial charge in [-0.3, -0.25) is 10.1 Å².